The van der Waals surface area contributed by atoms with Crippen LogP contribution in [0.15, 0.2) is 28.5 Å². The first-order chi connectivity index (χ1) is 8.22. The van der Waals surface area contributed by atoms with E-state index in [1.165, 1.54) is 0 Å². The molecule has 0 radical (unpaired) electrons. The van der Waals surface area contributed by atoms with E-state index in [9.17, 15) is 4.79 Å². The van der Waals surface area contributed by atoms with Crippen LogP contribution >= 0.6 is 23.1 Å². The smallest absolute Gasteiger partial charge is 0.234 e. The van der Waals surface area contributed by atoms with Crippen LogP contribution in [0.3, 0.4) is 0 Å². The molecule has 0 aliphatic carbocycles. The van der Waals surface area contributed by atoms with Crippen molar-refractivity contribution in [2.75, 3.05) is 11.1 Å². The van der Waals surface area contributed by atoms with Gasteiger partial charge in [-0.15, -0.1) is 23.1 Å². The molecular weight excluding hydrogens is 252 g/mol. The molecule has 3 rings (SSSR count). The number of hydrogen-bond acceptors (Lipinski definition) is 4. The molecule has 1 aromatic heterocycles. The minimum absolute atomic E-state index is 0.0648. The maximum Gasteiger partial charge on any atom is 0.234 e. The number of hydrogen-bond donors (Lipinski definition) is 1. The highest BCUT2D eigenvalue weighted by Gasteiger charge is 2.16. The molecule has 2 aromatic rings. The molecule has 1 aromatic carbocycles. The molecule has 0 spiro atoms. The normalized spacial score (nSPS) is 14.3. The molecule has 0 saturated heterocycles. The molecule has 0 saturated carbocycles. The van der Waals surface area contributed by atoms with Crippen LogP contribution in [0.4, 0.5) is 5.69 Å². The summed E-state index contributed by atoms with van der Waals surface area (Å²) in [7, 11) is 0. The quantitative estimate of drug-likeness (QED) is 0.858. The summed E-state index contributed by atoms with van der Waals surface area (Å²) in [6, 6.07) is 6.10. The fraction of sp³-hybridized carbons (Fsp3) is 0.167. The van der Waals surface area contributed by atoms with Crippen LogP contribution in [0.5, 0.6) is 0 Å². The minimum atomic E-state index is 0.0648. The van der Waals surface area contributed by atoms with Crippen LogP contribution in [-0.2, 0) is 4.79 Å². The van der Waals surface area contributed by atoms with Crippen LogP contribution in [-0.4, -0.2) is 16.6 Å². The van der Waals surface area contributed by atoms with Gasteiger partial charge in [0.2, 0.25) is 5.91 Å². The van der Waals surface area contributed by atoms with Crippen LogP contribution < -0.4 is 5.32 Å². The van der Waals surface area contributed by atoms with Gasteiger partial charge in [0.05, 0.1) is 11.4 Å². The van der Waals surface area contributed by atoms with Gasteiger partial charge in [0.15, 0.2) is 0 Å². The van der Waals surface area contributed by atoms with E-state index in [1.807, 2.05) is 24.4 Å². The topological polar surface area (TPSA) is 42.0 Å². The highest BCUT2D eigenvalue weighted by molar-refractivity contribution is 8.00. The number of anilines is 1. The standard InChI is InChI=1S/C12H10N2OS2/c1-7-5-17-12(13-7)8-2-3-10-9(4-8)14-11(15)6-16-10/h2-5H,6H2,1H3,(H,14,15). The van der Waals surface area contributed by atoms with Crippen molar-refractivity contribution in [1.82, 2.24) is 4.98 Å². The summed E-state index contributed by atoms with van der Waals surface area (Å²) >= 11 is 3.20. The Morgan fingerprint density at radius 3 is 3.06 bits per heavy atom. The molecule has 1 aliphatic heterocycles. The van der Waals surface area contributed by atoms with Gasteiger partial charge in [-0.2, -0.15) is 0 Å². The first-order valence-corrected chi connectivity index (χ1v) is 7.08. The maximum absolute atomic E-state index is 11.3. The zero-order valence-electron chi connectivity index (χ0n) is 9.19. The van der Waals surface area contributed by atoms with Gasteiger partial charge >= 0.3 is 0 Å². The number of thiazole rings is 1. The number of carbonyl (C=O) groups excluding carboxylic acids is 1. The molecule has 0 atom stereocenters. The Morgan fingerprint density at radius 2 is 2.29 bits per heavy atom. The summed E-state index contributed by atoms with van der Waals surface area (Å²) in [4.78, 5) is 16.9. The van der Waals surface area contributed by atoms with Crippen molar-refractivity contribution in [1.29, 1.82) is 0 Å². The molecule has 3 nitrogen and oxygen atoms in total. The minimum Gasteiger partial charge on any atom is -0.324 e. The summed E-state index contributed by atoms with van der Waals surface area (Å²) in [5.41, 5.74) is 2.99. The highest BCUT2D eigenvalue weighted by Crippen LogP contribution is 2.35. The Morgan fingerprint density at radius 1 is 1.41 bits per heavy atom. The van der Waals surface area contributed by atoms with Crippen molar-refractivity contribution in [2.45, 2.75) is 11.8 Å². The summed E-state index contributed by atoms with van der Waals surface area (Å²) in [5, 5.41) is 5.92. The number of thioether (sulfide) groups is 1. The second kappa shape index (κ2) is 4.16. The number of carbonyl (C=O) groups is 1. The van der Waals surface area contributed by atoms with Gasteiger partial charge in [0.25, 0.3) is 0 Å². The lowest BCUT2D eigenvalue weighted by atomic mass is 10.2. The van der Waals surface area contributed by atoms with Crippen molar-refractivity contribution >= 4 is 34.7 Å². The number of amides is 1. The summed E-state index contributed by atoms with van der Waals surface area (Å²) in [6.45, 7) is 1.98. The van der Waals surface area contributed by atoms with Gasteiger partial charge in [-0.05, 0) is 19.1 Å². The Kier molecular flexibility index (Phi) is 2.64. The van der Waals surface area contributed by atoms with E-state index in [0.29, 0.717) is 5.75 Å². The molecule has 17 heavy (non-hydrogen) atoms. The predicted molar refractivity (Wildman–Crippen MR) is 71.6 cm³/mol. The van der Waals surface area contributed by atoms with E-state index in [2.05, 4.69) is 16.4 Å². The Hall–Kier alpha value is -1.33. The number of rotatable bonds is 1. The summed E-state index contributed by atoms with van der Waals surface area (Å²) in [5.74, 6) is 0.567. The van der Waals surface area contributed by atoms with Crippen molar-refractivity contribution < 1.29 is 4.79 Å². The van der Waals surface area contributed by atoms with E-state index >= 15 is 0 Å². The molecule has 1 aliphatic rings. The van der Waals surface area contributed by atoms with Gasteiger partial charge in [-0.25, -0.2) is 4.98 Å². The largest absolute Gasteiger partial charge is 0.324 e. The fourth-order valence-corrected chi connectivity index (χ4v) is 3.29. The van der Waals surface area contributed by atoms with Gasteiger partial charge in [0, 0.05) is 21.5 Å². The molecule has 1 amide bonds. The third-order valence-corrected chi connectivity index (χ3v) is 4.56. The second-order valence-corrected chi connectivity index (χ2v) is 5.72. The average molecular weight is 262 g/mol. The lowest BCUT2D eigenvalue weighted by molar-refractivity contribution is -0.113. The first-order valence-electron chi connectivity index (χ1n) is 5.21. The summed E-state index contributed by atoms with van der Waals surface area (Å²) < 4.78 is 0. The van der Waals surface area contributed by atoms with Crippen molar-refractivity contribution in [3.05, 3.63) is 29.3 Å². The van der Waals surface area contributed by atoms with Crippen molar-refractivity contribution in [2.24, 2.45) is 0 Å². The van der Waals surface area contributed by atoms with E-state index in [0.717, 1.165) is 26.8 Å². The van der Waals surface area contributed by atoms with E-state index in [1.54, 1.807) is 23.1 Å². The van der Waals surface area contributed by atoms with Gasteiger partial charge in [0.1, 0.15) is 5.01 Å². The first kappa shape index (κ1) is 10.8. The Labute approximate surface area is 107 Å². The number of fused-ring (bicyclic) bond motifs is 1. The molecule has 5 heteroatoms. The Bertz CT molecular complexity index is 592. The number of nitrogens with one attached hydrogen (secondary N) is 1. The maximum atomic E-state index is 11.3. The van der Waals surface area contributed by atoms with E-state index in [4.69, 9.17) is 0 Å². The monoisotopic (exact) mass is 262 g/mol. The number of aromatic nitrogens is 1. The average Bonchev–Trinajstić information content (AvgIpc) is 2.75. The van der Waals surface area contributed by atoms with Crippen LogP contribution in [0.1, 0.15) is 5.69 Å². The fourth-order valence-electron chi connectivity index (χ4n) is 1.70. The predicted octanol–water partition coefficient (Wildman–Crippen LogP) is 3.16. The van der Waals surface area contributed by atoms with Crippen LogP contribution in [0.25, 0.3) is 10.6 Å². The van der Waals surface area contributed by atoms with E-state index in [-0.39, 0.29) is 5.91 Å². The number of benzene rings is 1. The molecular formula is C12H10N2OS2. The van der Waals surface area contributed by atoms with E-state index < -0.39 is 0 Å². The van der Waals surface area contributed by atoms with Gasteiger partial charge < -0.3 is 5.32 Å². The highest BCUT2D eigenvalue weighted by atomic mass is 32.2. The van der Waals surface area contributed by atoms with Crippen LogP contribution in [0.2, 0.25) is 0 Å². The van der Waals surface area contributed by atoms with Crippen LogP contribution in [0, 0.1) is 6.92 Å². The van der Waals surface area contributed by atoms with Crippen molar-refractivity contribution in [3.8, 4) is 10.6 Å². The number of aryl methyl sites for hydroxylation is 1. The molecule has 0 bridgehead atoms. The lowest BCUT2D eigenvalue weighted by Crippen LogP contribution is -2.18. The zero-order chi connectivity index (χ0) is 11.8. The number of nitrogens with zero attached hydrogens (tertiary/aromatic N) is 1. The molecule has 86 valence electrons. The molecule has 2 heterocycles. The molecule has 1 N–H and O–H groups in total. The SMILES string of the molecule is Cc1csc(-c2ccc3c(c2)NC(=O)CS3)n1. The Balaban J connectivity index is 2.03. The lowest BCUT2D eigenvalue weighted by Gasteiger charge is -2.16. The second-order valence-electron chi connectivity index (χ2n) is 3.84. The molecule has 0 fully saturated rings. The third-order valence-electron chi connectivity index (χ3n) is 2.48. The van der Waals surface area contributed by atoms with Crippen molar-refractivity contribution in [3.63, 3.8) is 0 Å². The van der Waals surface area contributed by atoms with Gasteiger partial charge in [-0.1, -0.05) is 6.07 Å². The van der Waals surface area contributed by atoms with Gasteiger partial charge in [-0.3, -0.25) is 4.79 Å². The zero-order valence-corrected chi connectivity index (χ0v) is 10.8. The summed E-state index contributed by atoms with van der Waals surface area (Å²) in [6.07, 6.45) is 0. The third kappa shape index (κ3) is 2.08. The molecule has 0 unspecified atom stereocenters.